The van der Waals surface area contributed by atoms with Gasteiger partial charge in [-0.05, 0) is 55.7 Å². The number of hydrazine groups is 1. The van der Waals surface area contributed by atoms with Gasteiger partial charge in [-0.2, -0.15) is 0 Å². The molecule has 0 bridgehead atoms. The van der Waals surface area contributed by atoms with Crippen LogP contribution in [0, 0.1) is 13.8 Å². The molecule has 1 unspecified atom stereocenters. The number of carbonyl (C=O) groups excluding carboxylic acids is 2. The van der Waals surface area contributed by atoms with E-state index in [1.165, 1.54) is 0 Å². The van der Waals surface area contributed by atoms with E-state index in [-0.39, 0.29) is 5.91 Å². The van der Waals surface area contributed by atoms with Gasteiger partial charge in [0.25, 0.3) is 11.8 Å². The minimum atomic E-state index is -0.751. The number of hydrogen-bond acceptors (Lipinski definition) is 5. The fourth-order valence-corrected chi connectivity index (χ4v) is 3.22. The standard InChI is InChI=1S/C23H29N3O4/c1-16-6-4-9-21(17(16)2)30-18(3)22(27)24-25-23(28)20-8-5-7-19(14-20)15-26-10-12-29-13-11-26/h4-9,14,18H,10-13,15H2,1-3H3,(H,24,27)(H,25,28). The number of morpholine rings is 1. The number of amides is 2. The Labute approximate surface area is 177 Å². The number of aryl methyl sites for hydroxylation is 1. The maximum Gasteiger partial charge on any atom is 0.279 e. The first-order valence-electron chi connectivity index (χ1n) is 10.2. The van der Waals surface area contributed by atoms with Crippen LogP contribution in [0.2, 0.25) is 0 Å². The summed E-state index contributed by atoms with van der Waals surface area (Å²) < 4.78 is 11.1. The van der Waals surface area contributed by atoms with E-state index in [1.807, 2.05) is 50.2 Å². The first kappa shape index (κ1) is 21.8. The van der Waals surface area contributed by atoms with Crippen LogP contribution in [0.15, 0.2) is 42.5 Å². The molecule has 3 rings (SSSR count). The average Bonchev–Trinajstić information content (AvgIpc) is 2.76. The van der Waals surface area contributed by atoms with Crippen LogP contribution in [0.5, 0.6) is 5.75 Å². The Morgan fingerprint density at radius 1 is 1.10 bits per heavy atom. The Bertz CT molecular complexity index is 894. The van der Waals surface area contributed by atoms with Crippen LogP contribution in [0.4, 0.5) is 0 Å². The summed E-state index contributed by atoms with van der Waals surface area (Å²) in [5.74, 6) is -0.139. The highest BCUT2D eigenvalue weighted by Crippen LogP contribution is 2.21. The van der Waals surface area contributed by atoms with Gasteiger partial charge in [-0.25, -0.2) is 0 Å². The molecule has 2 aromatic carbocycles. The van der Waals surface area contributed by atoms with Gasteiger partial charge in [-0.15, -0.1) is 0 Å². The topological polar surface area (TPSA) is 79.9 Å². The van der Waals surface area contributed by atoms with Crippen LogP contribution >= 0.6 is 0 Å². The van der Waals surface area contributed by atoms with E-state index >= 15 is 0 Å². The quantitative estimate of drug-likeness (QED) is 0.714. The van der Waals surface area contributed by atoms with Crippen LogP contribution < -0.4 is 15.6 Å². The van der Waals surface area contributed by atoms with Crippen molar-refractivity contribution >= 4 is 11.8 Å². The monoisotopic (exact) mass is 411 g/mol. The molecule has 160 valence electrons. The fraction of sp³-hybridized carbons (Fsp3) is 0.391. The molecule has 0 spiro atoms. The predicted molar refractivity (Wildman–Crippen MR) is 114 cm³/mol. The molecule has 7 nitrogen and oxygen atoms in total. The maximum absolute atomic E-state index is 12.5. The second-order valence-electron chi connectivity index (χ2n) is 7.49. The maximum atomic E-state index is 12.5. The summed E-state index contributed by atoms with van der Waals surface area (Å²) in [6.45, 7) is 9.56. The van der Waals surface area contributed by atoms with Gasteiger partial charge in [0.1, 0.15) is 5.75 Å². The third-order valence-corrected chi connectivity index (χ3v) is 5.23. The van der Waals surface area contributed by atoms with Crippen LogP contribution in [-0.2, 0) is 16.1 Å². The summed E-state index contributed by atoms with van der Waals surface area (Å²) in [4.78, 5) is 27.1. The van der Waals surface area contributed by atoms with E-state index in [9.17, 15) is 9.59 Å². The summed E-state index contributed by atoms with van der Waals surface area (Å²) in [6, 6.07) is 13.1. The van der Waals surface area contributed by atoms with Gasteiger partial charge in [0, 0.05) is 25.2 Å². The second kappa shape index (κ2) is 10.2. The first-order chi connectivity index (χ1) is 14.4. The van der Waals surface area contributed by atoms with Gasteiger partial charge >= 0.3 is 0 Å². The lowest BCUT2D eigenvalue weighted by atomic mass is 10.1. The number of carbonyl (C=O) groups is 2. The van der Waals surface area contributed by atoms with E-state index in [0.717, 1.165) is 49.5 Å². The predicted octanol–water partition coefficient (Wildman–Crippen LogP) is 2.36. The molecule has 1 saturated heterocycles. The Balaban J connectivity index is 1.52. The molecular formula is C23H29N3O4. The van der Waals surface area contributed by atoms with E-state index in [4.69, 9.17) is 9.47 Å². The van der Waals surface area contributed by atoms with Gasteiger partial charge < -0.3 is 9.47 Å². The Morgan fingerprint density at radius 2 is 1.83 bits per heavy atom. The molecule has 2 amide bonds. The summed E-state index contributed by atoms with van der Waals surface area (Å²) in [6.07, 6.45) is -0.751. The van der Waals surface area contributed by atoms with Gasteiger partial charge in [0.2, 0.25) is 0 Å². The van der Waals surface area contributed by atoms with E-state index < -0.39 is 12.0 Å². The molecule has 1 aliphatic rings. The van der Waals surface area contributed by atoms with Crippen LogP contribution in [-0.4, -0.2) is 49.1 Å². The van der Waals surface area contributed by atoms with Crippen molar-refractivity contribution < 1.29 is 19.1 Å². The van der Waals surface area contributed by atoms with Crippen molar-refractivity contribution in [1.29, 1.82) is 0 Å². The Morgan fingerprint density at radius 3 is 2.60 bits per heavy atom. The number of benzene rings is 2. The number of ether oxygens (including phenoxy) is 2. The van der Waals surface area contributed by atoms with Gasteiger partial charge in [-0.3, -0.25) is 25.3 Å². The lowest BCUT2D eigenvalue weighted by molar-refractivity contribution is -0.128. The summed E-state index contributed by atoms with van der Waals surface area (Å²) in [5, 5.41) is 0. The van der Waals surface area contributed by atoms with Gasteiger partial charge in [0.05, 0.1) is 13.2 Å². The highest BCUT2D eigenvalue weighted by molar-refractivity contribution is 5.95. The van der Waals surface area contributed by atoms with E-state index in [1.54, 1.807) is 13.0 Å². The molecule has 1 aliphatic heterocycles. The summed E-state index contributed by atoms with van der Waals surface area (Å²) in [7, 11) is 0. The summed E-state index contributed by atoms with van der Waals surface area (Å²) in [5.41, 5.74) is 8.52. The van der Waals surface area contributed by atoms with Crippen LogP contribution in [0.1, 0.15) is 34.0 Å². The highest BCUT2D eigenvalue weighted by atomic mass is 16.5. The number of nitrogens with one attached hydrogen (secondary N) is 2. The van der Waals surface area contributed by atoms with Crippen molar-refractivity contribution in [3.63, 3.8) is 0 Å². The third kappa shape index (κ3) is 5.81. The zero-order chi connectivity index (χ0) is 21.5. The second-order valence-corrected chi connectivity index (χ2v) is 7.49. The normalized spacial score (nSPS) is 15.3. The molecule has 2 N–H and O–H groups in total. The third-order valence-electron chi connectivity index (χ3n) is 5.23. The molecule has 30 heavy (non-hydrogen) atoms. The fourth-order valence-electron chi connectivity index (χ4n) is 3.22. The first-order valence-corrected chi connectivity index (χ1v) is 10.2. The molecule has 1 atom stereocenters. The Kier molecular flexibility index (Phi) is 7.43. The lowest BCUT2D eigenvalue weighted by Gasteiger charge is -2.26. The molecule has 0 radical (unpaired) electrons. The smallest absolute Gasteiger partial charge is 0.279 e. The molecule has 0 saturated carbocycles. The molecule has 7 heteroatoms. The van der Waals surface area contributed by atoms with Crippen molar-refractivity contribution in [2.75, 3.05) is 26.3 Å². The van der Waals surface area contributed by atoms with Crippen LogP contribution in [0.25, 0.3) is 0 Å². The minimum Gasteiger partial charge on any atom is -0.481 e. The highest BCUT2D eigenvalue weighted by Gasteiger charge is 2.17. The van der Waals surface area contributed by atoms with E-state index in [0.29, 0.717) is 11.3 Å². The molecule has 0 aromatic heterocycles. The molecule has 2 aromatic rings. The molecular weight excluding hydrogens is 382 g/mol. The van der Waals surface area contributed by atoms with E-state index in [2.05, 4.69) is 15.8 Å². The SMILES string of the molecule is Cc1cccc(OC(C)C(=O)NNC(=O)c2cccc(CN3CCOCC3)c2)c1C. The number of hydrogen-bond donors (Lipinski definition) is 2. The molecule has 1 fully saturated rings. The van der Waals surface area contributed by atoms with Crippen LogP contribution in [0.3, 0.4) is 0 Å². The van der Waals surface area contributed by atoms with Crippen molar-refractivity contribution in [1.82, 2.24) is 15.8 Å². The Hall–Kier alpha value is -2.90. The zero-order valence-electron chi connectivity index (χ0n) is 17.7. The van der Waals surface area contributed by atoms with Crippen molar-refractivity contribution in [2.24, 2.45) is 0 Å². The largest absolute Gasteiger partial charge is 0.481 e. The summed E-state index contributed by atoms with van der Waals surface area (Å²) >= 11 is 0. The molecule has 1 heterocycles. The van der Waals surface area contributed by atoms with Crippen molar-refractivity contribution in [3.8, 4) is 5.75 Å². The lowest BCUT2D eigenvalue weighted by Crippen LogP contribution is -2.47. The zero-order valence-corrected chi connectivity index (χ0v) is 17.7. The van der Waals surface area contributed by atoms with Gasteiger partial charge in [-0.1, -0.05) is 24.3 Å². The number of rotatable bonds is 6. The van der Waals surface area contributed by atoms with Crippen molar-refractivity contribution in [3.05, 3.63) is 64.7 Å². The average molecular weight is 412 g/mol. The number of nitrogens with zero attached hydrogens (tertiary/aromatic N) is 1. The van der Waals surface area contributed by atoms with Crippen molar-refractivity contribution in [2.45, 2.75) is 33.4 Å². The van der Waals surface area contributed by atoms with Gasteiger partial charge in [0.15, 0.2) is 6.10 Å². The minimum absolute atomic E-state index is 0.369. The molecule has 0 aliphatic carbocycles.